The van der Waals surface area contributed by atoms with Crippen LogP contribution in [0.4, 0.5) is 5.95 Å². The number of amides is 1. The average molecular weight is 287 g/mol. The third-order valence-electron chi connectivity index (χ3n) is 4.09. The lowest BCUT2D eigenvalue weighted by Gasteiger charge is -2.28. The second-order valence-corrected chi connectivity index (χ2v) is 5.44. The molecule has 1 aromatic rings. The number of aryl methyl sites for hydroxylation is 2. The topological polar surface area (TPSA) is 91.6 Å². The van der Waals surface area contributed by atoms with E-state index < -0.39 is 5.41 Å². The molecule has 0 bridgehead atoms. The Bertz CT molecular complexity index is 558. The normalized spacial score (nSPS) is 17.0. The van der Waals surface area contributed by atoms with Crippen molar-refractivity contribution in [2.75, 3.05) is 5.32 Å². The Morgan fingerprint density at radius 1 is 1.19 bits per heavy atom. The summed E-state index contributed by atoms with van der Waals surface area (Å²) in [6.45, 7) is 3.99. The van der Waals surface area contributed by atoms with Gasteiger partial charge in [0, 0.05) is 0 Å². The molecule has 6 nitrogen and oxygen atoms in total. The Morgan fingerprint density at radius 2 is 1.86 bits per heavy atom. The molecule has 0 aromatic carbocycles. The Balaban J connectivity index is 2.17. The molecule has 1 aliphatic rings. The fourth-order valence-electron chi connectivity index (χ4n) is 2.76. The summed E-state index contributed by atoms with van der Waals surface area (Å²) in [4.78, 5) is 16.8. The summed E-state index contributed by atoms with van der Waals surface area (Å²) in [6.07, 6.45) is 5.63. The number of hydrogen-bond donors (Lipinski definition) is 1. The Hall–Kier alpha value is -2.03. The van der Waals surface area contributed by atoms with Gasteiger partial charge in [-0.3, -0.25) is 10.1 Å². The second kappa shape index (κ2) is 6.61. The molecule has 1 heterocycles. The summed E-state index contributed by atoms with van der Waals surface area (Å²) in [5.74, 6) is -0.0907. The molecule has 1 N–H and O–H groups in total. The monoisotopic (exact) mass is 287 g/mol. The number of nitriles is 1. The van der Waals surface area contributed by atoms with Crippen LogP contribution in [-0.4, -0.2) is 21.1 Å². The van der Waals surface area contributed by atoms with Crippen LogP contribution in [0, 0.1) is 16.7 Å². The van der Waals surface area contributed by atoms with Crippen molar-refractivity contribution in [3.63, 3.8) is 0 Å². The molecule has 0 unspecified atom stereocenters. The number of nitrogens with zero attached hydrogens (tertiary/aromatic N) is 4. The molecule has 0 saturated heterocycles. The number of nitrogens with one attached hydrogen (secondary N) is 1. The number of anilines is 1. The highest BCUT2D eigenvalue weighted by atomic mass is 16.2. The van der Waals surface area contributed by atoms with Crippen molar-refractivity contribution in [2.24, 2.45) is 5.41 Å². The van der Waals surface area contributed by atoms with E-state index in [-0.39, 0.29) is 11.9 Å². The van der Waals surface area contributed by atoms with Gasteiger partial charge >= 0.3 is 0 Å². The van der Waals surface area contributed by atoms with E-state index in [1.165, 1.54) is 0 Å². The van der Waals surface area contributed by atoms with Gasteiger partial charge in [0.1, 0.15) is 5.41 Å². The van der Waals surface area contributed by atoms with Crippen LogP contribution in [0.2, 0.25) is 0 Å². The zero-order valence-electron chi connectivity index (χ0n) is 12.6. The highest BCUT2D eigenvalue weighted by Crippen LogP contribution is 2.36. The van der Waals surface area contributed by atoms with E-state index in [1.54, 1.807) is 0 Å². The van der Waals surface area contributed by atoms with E-state index in [2.05, 4.69) is 26.6 Å². The molecule has 1 amide bonds. The number of carbonyl (C=O) groups is 1. The maximum atomic E-state index is 12.4. The van der Waals surface area contributed by atoms with Crippen LogP contribution >= 0.6 is 0 Å². The van der Waals surface area contributed by atoms with Gasteiger partial charge in [-0.05, 0) is 25.7 Å². The fourth-order valence-corrected chi connectivity index (χ4v) is 2.76. The lowest BCUT2D eigenvalue weighted by molar-refractivity contribution is -0.124. The van der Waals surface area contributed by atoms with Crippen LogP contribution in [-0.2, 0) is 17.6 Å². The van der Waals surface area contributed by atoms with E-state index in [0.717, 1.165) is 43.5 Å². The minimum atomic E-state index is -0.933. The van der Waals surface area contributed by atoms with Gasteiger partial charge in [-0.25, -0.2) is 4.98 Å². The van der Waals surface area contributed by atoms with E-state index in [0.29, 0.717) is 12.8 Å². The summed E-state index contributed by atoms with van der Waals surface area (Å²) in [5.41, 5.74) is 0.762. The van der Waals surface area contributed by atoms with Crippen LogP contribution < -0.4 is 5.32 Å². The summed E-state index contributed by atoms with van der Waals surface area (Å²) in [7, 11) is 0. The number of hydrogen-bond acceptors (Lipinski definition) is 5. The van der Waals surface area contributed by atoms with Crippen LogP contribution in [0.5, 0.6) is 0 Å². The number of aromatic nitrogens is 3. The lowest BCUT2D eigenvalue weighted by Crippen LogP contribution is -2.37. The first-order valence-electron chi connectivity index (χ1n) is 7.60. The van der Waals surface area contributed by atoms with Crippen molar-refractivity contribution in [2.45, 2.75) is 58.8 Å². The van der Waals surface area contributed by atoms with E-state index in [1.807, 2.05) is 13.8 Å². The first-order valence-corrected chi connectivity index (χ1v) is 7.60. The van der Waals surface area contributed by atoms with Crippen LogP contribution in [0.25, 0.3) is 0 Å². The van der Waals surface area contributed by atoms with Crippen molar-refractivity contribution >= 4 is 11.9 Å². The standard InChI is InChI=1S/C15H21N5O/c1-3-11-12(4-2)19-20-14(17-11)18-13(21)15(10-16)8-6-5-7-9-15/h3-9H2,1-2H3,(H,17,18,20,21). The Kier molecular flexibility index (Phi) is 4.84. The minimum Gasteiger partial charge on any atom is -0.292 e. The molecule has 112 valence electrons. The van der Waals surface area contributed by atoms with Gasteiger partial charge in [-0.2, -0.15) is 5.26 Å². The first-order chi connectivity index (χ1) is 10.1. The summed E-state index contributed by atoms with van der Waals surface area (Å²) >= 11 is 0. The van der Waals surface area contributed by atoms with Crippen LogP contribution in [0.15, 0.2) is 0 Å². The van der Waals surface area contributed by atoms with Gasteiger partial charge < -0.3 is 0 Å². The third-order valence-corrected chi connectivity index (χ3v) is 4.09. The third kappa shape index (κ3) is 3.18. The summed E-state index contributed by atoms with van der Waals surface area (Å²) in [6, 6.07) is 2.20. The molecule has 0 aliphatic heterocycles. The molecule has 1 saturated carbocycles. The summed E-state index contributed by atoms with van der Waals surface area (Å²) < 4.78 is 0. The molecule has 1 aromatic heterocycles. The van der Waals surface area contributed by atoms with E-state index in [9.17, 15) is 10.1 Å². The Morgan fingerprint density at radius 3 is 2.43 bits per heavy atom. The van der Waals surface area contributed by atoms with E-state index >= 15 is 0 Å². The molecule has 2 rings (SSSR count). The van der Waals surface area contributed by atoms with Crippen molar-refractivity contribution in [3.05, 3.63) is 11.4 Å². The van der Waals surface area contributed by atoms with E-state index in [4.69, 9.17) is 0 Å². The molecule has 0 atom stereocenters. The Labute approximate surface area is 125 Å². The zero-order chi connectivity index (χ0) is 15.3. The molecular formula is C15H21N5O. The molecule has 1 aliphatic carbocycles. The molecule has 21 heavy (non-hydrogen) atoms. The van der Waals surface area contributed by atoms with Gasteiger partial charge in [0.15, 0.2) is 0 Å². The second-order valence-electron chi connectivity index (χ2n) is 5.44. The maximum absolute atomic E-state index is 12.4. The van der Waals surface area contributed by atoms with Gasteiger partial charge in [-0.1, -0.05) is 33.1 Å². The fraction of sp³-hybridized carbons (Fsp3) is 0.667. The molecule has 6 heteroatoms. The minimum absolute atomic E-state index is 0.203. The van der Waals surface area contributed by atoms with Crippen LogP contribution in [0.1, 0.15) is 57.3 Å². The number of carbonyl (C=O) groups excluding carboxylic acids is 1. The van der Waals surface area contributed by atoms with Gasteiger partial charge in [0.05, 0.1) is 17.5 Å². The largest absolute Gasteiger partial charge is 0.292 e. The SMILES string of the molecule is CCc1nnc(NC(=O)C2(C#N)CCCCC2)nc1CC. The lowest BCUT2D eigenvalue weighted by atomic mass is 9.74. The van der Waals surface area contributed by atoms with Gasteiger partial charge in [-0.15, -0.1) is 10.2 Å². The zero-order valence-corrected chi connectivity index (χ0v) is 12.6. The molecule has 0 spiro atoms. The quantitative estimate of drug-likeness (QED) is 0.918. The molecule has 1 fully saturated rings. The predicted molar refractivity (Wildman–Crippen MR) is 78.3 cm³/mol. The first kappa shape index (κ1) is 15.4. The van der Waals surface area contributed by atoms with Crippen molar-refractivity contribution in [3.8, 4) is 6.07 Å². The maximum Gasteiger partial charge on any atom is 0.249 e. The highest BCUT2D eigenvalue weighted by Gasteiger charge is 2.40. The molecular weight excluding hydrogens is 266 g/mol. The van der Waals surface area contributed by atoms with Gasteiger partial charge in [0.25, 0.3) is 0 Å². The van der Waals surface area contributed by atoms with Gasteiger partial charge in [0.2, 0.25) is 11.9 Å². The molecule has 0 radical (unpaired) electrons. The highest BCUT2D eigenvalue weighted by molar-refractivity contribution is 5.95. The average Bonchev–Trinajstić information content (AvgIpc) is 2.55. The van der Waals surface area contributed by atoms with Crippen LogP contribution in [0.3, 0.4) is 0 Å². The smallest absolute Gasteiger partial charge is 0.249 e. The summed E-state index contributed by atoms with van der Waals surface area (Å²) in [5, 5.41) is 20.1. The number of rotatable bonds is 4. The van der Waals surface area contributed by atoms with Crippen molar-refractivity contribution < 1.29 is 4.79 Å². The van der Waals surface area contributed by atoms with Crippen molar-refractivity contribution in [1.82, 2.24) is 15.2 Å². The predicted octanol–water partition coefficient (Wildman–Crippen LogP) is 2.41. The van der Waals surface area contributed by atoms with Crippen molar-refractivity contribution in [1.29, 1.82) is 5.26 Å².